The quantitative estimate of drug-likeness (QED) is 0.561. The number of benzene rings is 2. The highest BCUT2D eigenvalue weighted by Gasteiger charge is 2.20. The summed E-state index contributed by atoms with van der Waals surface area (Å²) in [6, 6.07) is 11.3. The molecule has 0 radical (unpaired) electrons. The predicted octanol–water partition coefficient (Wildman–Crippen LogP) is 4.35. The molecule has 7 nitrogen and oxygen atoms in total. The Balaban J connectivity index is 1.58. The molecule has 152 valence electrons. The van der Waals surface area contributed by atoms with Crippen molar-refractivity contribution in [1.29, 1.82) is 0 Å². The van der Waals surface area contributed by atoms with Crippen molar-refractivity contribution in [3.05, 3.63) is 69.3 Å². The first kappa shape index (κ1) is 20.5. The standard InChI is InChI=1S/C22H25N3O4/c1-15-7-12-19(25(28)29)13-20(15)24-22(27)18-10-8-16(9-11-18)14-23-21(26)17-5-3-2-4-6-17/h7-13,17H,2-6,14H2,1H3,(H,23,26)(H,24,27). The number of nitrogens with one attached hydrogen (secondary N) is 2. The second kappa shape index (κ2) is 9.32. The van der Waals surface area contributed by atoms with Crippen molar-refractivity contribution in [2.75, 3.05) is 5.32 Å². The summed E-state index contributed by atoms with van der Waals surface area (Å²) in [6.45, 7) is 2.21. The molecule has 0 aliphatic heterocycles. The predicted molar refractivity (Wildman–Crippen MR) is 111 cm³/mol. The second-order valence-corrected chi connectivity index (χ2v) is 7.46. The Hall–Kier alpha value is -3.22. The number of nitro benzene ring substituents is 1. The Labute approximate surface area is 169 Å². The third-order valence-corrected chi connectivity index (χ3v) is 5.34. The molecule has 0 bridgehead atoms. The van der Waals surface area contributed by atoms with Gasteiger partial charge in [0.05, 0.1) is 10.6 Å². The average Bonchev–Trinajstić information content (AvgIpc) is 2.74. The van der Waals surface area contributed by atoms with Gasteiger partial charge in [0, 0.05) is 30.2 Å². The van der Waals surface area contributed by atoms with Gasteiger partial charge in [-0.2, -0.15) is 0 Å². The minimum atomic E-state index is -0.495. The number of hydrogen-bond acceptors (Lipinski definition) is 4. The lowest BCUT2D eigenvalue weighted by Gasteiger charge is -2.20. The van der Waals surface area contributed by atoms with E-state index >= 15 is 0 Å². The molecule has 0 unspecified atom stereocenters. The molecule has 3 rings (SSSR count). The smallest absolute Gasteiger partial charge is 0.271 e. The summed E-state index contributed by atoms with van der Waals surface area (Å²) in [6.07, 6.45) is 5.37. The van der Waals surface area contributed by atoms with Crippen LogP contribution in [0.2, 0.25) is 0 Å². The molecule has 0 spiro atoms. The maximum atomic E-state index is 12.5. The van der Waals surface area contributed by atoms with E-state index in [4.69, 9.17) is 0 Å². The molecule has 0 heterocycles. The summed E-state index contributed by atoms with van der Waals surface area (Å²) in [5.41, 5.74) is 2.43. The zero-order chi connectivity index (χ0) is 20.8. The molecule has 1 aliphatic carbocycles. The first-order chi connectivity index (χ1) is 13.9. The van der Waals surface area contributed by atoms with Crippen molar-refractivity contribution < 1.29 is 14.5 Å². The van der Waals surface area contributed by atoms with E-state index in [0.717, 1.165) is 36.8 Å². The molecule has 1 fully saturated rings. The molecular weight excluding hydrogens is 370 g/mol. The summed E-state index contributed by atoms with van der Waals surface area (Å²) < 4.78 is 0. The molecule has 2 amide bonds. The van der Waals surface area contributed by atoms with Crippen LogP contribution in [0.1, 0.15) is 53.6 Å². The lowest BCUT2D eigenvalue weighted by atomic mass is 9.88. The minimum absolute atomic E-state index is 0.0741. The minimum Gasteiger partial charge on any atom is -0.352 e. The third kappa shape index (κ3) is 5.40. The summed E-state index contributed by atoms with van der Waals surface area (Å²) in [4.78, 5) is 35.2. The normalized spacial score (nSPS) is 14.2. The van der Waals surface area contributed by atoms with Gasteiger partial charge in [-0.3, -0.25) is 19.7 Å². The van der Waals surface area contributed by atoms with Crippen molar-refractivity contribution in [1.82, 2.24) is 5.32 Å². The number of carbonyl (C=O) groups excluding carboxylic acids is 2. The molecule has 1 aliphatic rings. The van der Waals surface area contributed by atoms with Crippen LogP contribution in [-0.2, 0) is 11.3 Å². The largest absolute Gasteiger partial charge is 0.352 e. The fraction of sp³-hybridized carbons (Fsp3) is 0.364. The second-order valence-electron chi connectivity index (χ2n) is 7.46. The lowest BCUT2D eigenvalue weighted by molar-refractivity contribution is -0.384. The van der Waals surface area contributed by atoms with Gasteiger partial charge in [-0.25, -0.2) is 0 Å². The van der Waals surface area contributed by atoms with Gasteiger partial charge in [0.25, 0.3) is 11.6 Å². The van der Waals surface area contributed by atoms with Crippen LogP contribution in [-0.4, -0.2) is 16.7 Å². The van der Waals surface area contributed by atoms with E-state index in [-0.39, 0.29) is 23.4 Å². The van der Waals surface area contributed by atoms with Gasteiger partial charge in [-0.15, -0.1) is 0 Å². The Kier molecular flexibility index (Phi) is 6.59. The van der Waals surface area contributed by atoms with E-state index in [2.05, 4.69) is 10.6 Å². The van der Waals surface area contributed by atoms with Gasteiger partial charge in [-0.05, 0) is 43.0 Å². The van der Waals surface area contributed by atoms with Crippen LogP contribution in [0.25, 0.3) is 0 Å². The highest BCUT2D eigenvalue weighted by atomic mass is 16.6. The van der Waals surface area contributed by atoms with E-state index in [1.165, 1.54) is 18.6 Å². The van der Waals surface area contributed by atoms with Crippen molar-refractivity contribution >= 4 is 23.2 Å². The number of anilines is 1. The maximum Gasteiger partial charge on any atom is 0.271 e. The van der Waals surface area contributed by atoms with Gasteiger partial charge in [0.2, 0.25) is 5.91 Å². The summed E-state index contributed by atoms with van der Waals surface area (Å²) in [5.74, 6) is -0.119. The Bertz CT molecular complexity index is 903. The zero-order valence-electron chi connectivity index (χ0n) is 16.4. The molecule has 1 saturated carbocycles. The van der Waals surface area contributed by atoms with E-state index in [1.807, 2.05) is 0 Å². The Morgan fingerprint density at radius 2 is 1.76 bits per heavy atom. The van der Waals surface area contributed by atoms with Gasteiger partial charge >= 0.3 is 0 Å². The van der Waals surface area contributed by atoms with Crippen molar-refractivity contribution in [3.63, 3.8) is 0 Å². The van der Waals surface area contributed by atoms with Crippen LogP contribution >= 0.6 is 0 Å². The number of hydrogen-bond donors (Lipinski definition) is 2. The van der Waals surface area contributed by atoms with Crippen LogP contribution in [0.15, 0.2) is 42.5 Å². The zero-order valence-corrected chi connectivity index (χ0v) is 16.4. The molecule has 2 aromatic carbocycles. The monoisotopic (exact) mass is 395 g/mol. The van der Waals surface area contributed by atoms with Crippen LogP contribution in [0.3, 0.4) is 0 Å². The van der Waals surface area contributed by atoms with E-state index in [1.54, 1.807) is 37.3 Å². The first-order valence-electron chi connectivity index (χ1n) is 9.87. The fourth-order valence-corrected chi connectivity index (χ4v) is 3.52. The summed E-state index contributed by atoms with van der Waals surface area (Å²) in [5, 5.41) is 16.6. The number of carbonyl (C=O) groups is 2. The van der Waals surface area contributed by atoms with Crippen LogP contribution in [0.5, 0.6) is 0 Å². The number of nitrogens with zero attached hydrogens (tertiary/aromatic N) is 1. The summed E-state index contributed by atoms with van der Waals surface area (Å²) in [7, 11) is 0. The van der Waals surface area contributed by atoms with Crippen molar-refractivity contribution in [3.8, 4) is 0 Å². The van der Waals surface area contributed by atoms with Crippen LogP contribution < -0.4 is 10.6 Å². The first-order valence-corrected chi connectivity index (χ1v) is 9.87. The molecule has 0 saturated heterocycles. The van der Waals surface area contributed by atoms with E-state index in [0.29, 0.717) is 17.8 Å². The summed E-state index contributed by atoms with van der Waals surface area (Å²) >= 11 is 0. The molecule has 0 atom stereocenters. The SMILES string of the molecule is Cc1ccc([N+](=O)[O-])cc1NC(=O)c1ccc(CNC(=O)C2CCCCC2)cc1. The number of aryl methyl sites for hydroxylation is 1. The fourth-order valence-electron chi connectivity index (χ4n) is 3.52. The number of amides is 2. The Morgan fingerprint density at radius 1 is 1.07 bits per heavy atom. The molecule has 29 heavy (non-hydrogen) atoms. The van der Waals surface area contributed by atoms with Gasteiger partial charge in [0.1, 0.15) is 0 Å². The van der Waals surface area contributed by atoms with Crippen LogP contribution in [0.4, 0.5) is 11.4 Å². The van der Waals surface area contributed by atoms with Crippen LogP contribution in [0, 0.1) is 23.0 Å². The number of non-ortho nitro benzene ring substituents is 1. The van der Waals surface area contributed by atoms with Gasteiger partial charge in [-0.1, -0.05) is 37.5 Å². The average molecular weight is 395 g/mol. The lowest BCUT2D eigenvalue weighted by Crippen LogP contribution is -2.31. The number of rotatable bonds is 6. The highest BCUT2D eigenvalue weighted by Crippen LogP contribution is 2.24. The van der Waals surface area contributed by atoms with E-state index in [9.17, 15) is 19.7 Å². The molecule has 7 heteroatoms. The van der Waals surface area contributed by atoms with Crippen molar-refractivity contribution in [2.24, 2.45) is 5.92 Å². The topological polar surface area (TPSA) is 101 Å². The molecule has 0 aromatic heterocycles. The highest BCUT2D eigenvalue weighted by molar-refractivity contribution is 6.04. The van der Waals surface area contributed by atoms with Gasteiger partial charge in [0.15, 0.2) is 0 Å². The number of nitro groups is 1. The molecule has 2 N–H and O–H groups in total. The van der Waals surface area contributed by atoms with Gasteiger partial charge < -0.3 is 10.6 Å². The van der Waals surface area contributed by atoms with Crippen molar-refractivity contribution in [2.45, 2.75) is 45.6 Å². The molecular formula is C22H25N3O4. The van der Waals surface area contributed by atoms with E-state index < -0.39 is 4.92 Å². The molecule has 2 aromatic rings. The maximum absolute atomic E-state index is 12.5. The third-order valence-electron chi connectivity index (χ3n) is 5.34. The Morgan fingerprint density at radius 3 is 2.41 bits per heavy atom.